The molecule has 0 spiro atoms. The van der Waals surface area contributed by atoms with E-state index in [4.69, 9.17) is 4.74 Å². The van der Waals surface area contributed by atoms with Crippen molar-refractivity contribution in [2.24, 2.45) is 0 Å². The van der Waals surface area contributed by atoms with Gasteiger partial charge in [-0.15, -0.1) is 5.10 Å². The Balaban J connectivity index is 1.59. The molecule has 26 heavy (non-hydrogen) atoms. The highest BCUT2D eigenvalue weighted by Gasteiger charge is 2.17. The van der Waals surface area contributed by atoms with Gasteiger partial charge in [-0.2, -0.15) is 0 Å². The van der Waals surface area contributed by atoms with Crippen LogP contribution in [-0.2, 0) is 22.6 Å². The van der Waals surface area contributed by atoms with Gasteiger partial charge in [-0.1, -0.05) is 18.6 Å². The van der Waals surface area contributed by atoms with Gasteiger partial charge in [0, 0.05) is 72.0 Å². The van der Waals surface area contributed by atoms with E-state index in [2.05, 4.69) is 33.2 Å². The molecule has 2 rings (SSSR count). The number of piperazine rings is 1. The summed E-state index contributed by atoms with van der Waals surface area (Å²) in [7, 11) is 1.76. The molecule has 0 amide bonds. The Hall–Kier alpha value is -1.31. The molecule has 1 fully saturated rings. The molecule has 0 saturated carbocycles. The number of hydrogen-bond acceptors (Lipinski definition) is 6. The first-order valence-electron chi connectivity index (χ1n) is 10.1. The summed E-state index contributed by atoms with van der Waals surface area (Å²) in [6, 6.07) is 0. The number of unbranched alkanes of at least 4 members (excludes halogenated alkanes) is 2. The Morgan fingerprint density at radius 1 is 1.08 bits per heavy atom. The number of hydrogen-bond donors (Lipinski definition) is 0. The van der Waals surface area contributed by atoms with Crippen molar-refractivity contribution < 1.29 is 9.53 Å². The summed E-state index contributed by atoms with van der Waals surface area (Å²) in [5.41, 5.74) is 1.05. The average molecular weight is 366 g/mol. The van der Waals surface area contributed by atoms with E-state index in [1.807, 2.05) is 4.68 Å². The summed E-state index contributed by atoms with van der Waals surface area (Å²) in [5, 5.41) is 8.56. The van der Waals surface area contributed by atoms with E-state index in [1.165, 1.54) is 0 Å². The number of aromatic nitrogens is 3. The van der Waals surface area contributed by atoms with Crippen LogP contribution in [0.5, 0.6) is 0 Å². The maximum atomic E-state index is 11.5. The van der Waals surface area contributed by atoms with Crippen LogP contribution in [0.25, 0.3) is 0 Å². The van der Waals surface area contributed by atoms with Crippen molar-refractivity contribution in [1.29, 1.82) is 0 Å². The molecular weight excluding hydrogens is 330 g/mol. The van der Waals surface area contributed by atoms with Gasteiger partial charge in [0.25, 0.3) is 0 Å². The normalized spacial score (nSPS) is 16.2. The van der Waals surface area contributed by atoms with Crippen LogP contribution >= 0.6 is 0 Å². The number of ketones is 1. The zero-order valence-electron chi connectivity index (χ0n) is 16.5. The van der Waals surface area contributed by atoms with E-state index >= 15 is 0 Å². The number of aryl methyl sites for hydroxylation is 1. The van der Waals surface area contributed by atoms with E-state index in [0.717, 1.165) is 96.6 Å². The predicted molar refractivity (Wildman–Crippen MR) is 102 cm³/mol. The first-order chi connectivity index (χ1) is 12.7. The Labute approximate surface area is 157 Å². The molecule has 1 saturated heterocycles. The molecule has 0 aliphatic carbocycles. The smallest absolute Gasteiger partial charge is 0.132 e. The Bertz CT molecular complexity index is 512. The lowest BCUT2D eigenvalue weighted by Gasteiger charge is -2.34. The lowest BCUT2D eigenvalue weighted by Crippen LogP contribution is -2.46. The van der Waals surface area contributed by atoms with Crippen LogP contribution < -0.4 is 0 Å². The summed E-state index contributed by atoms with van der Waals surface area (Å²) < 4.78 is 7.09. The molecule has 0 unspecified atom stereocenters. The minimum Gasteiger partial charge on any atom is -0.383 e. The van der Waals surface area contributed by atoms with Gasteiger partial charge >= 0.3 is 0 Å². The third-order valence-electron chi connectivity index (χ3n) is 4.92. The maximum Gasteiger partial charge on any atom is 0.132 e. The molecule has 0 aromatic carbocycles. The number of carbonyl (C=O) groups is 1. The monoisotopic (exact) mass is 365 g/mol. The zero-order valence-corrected chi connectivity index (χ0v) is 16.5. The fourth-order valence-corrected chi connectivity index (χ4v) is 3.32. The van der Waals surface area contributed by atoms with Gasteiger partial charge in [-0.25, -0.2) is 0 Å². The molecule has 7 heteroatoms. The van der Waals surface area contributed by atoms with Crippen LogP contribution in [0.4, 0.5) is 0 Å². The summed E-state index contributed by atoms with van der Waals surface area (Å²) >= 11 is 0. The second-order valence-corrected chi connectivity index (χ2v) is 7.18. The molecule has 0 bridgehead atoms. The van der Waals surface area contributed by atoms with Crippen LogP contribution in [0.3, 0.4) is 0 Å². The van der Waals surface area contributed by atoms with Gasteiger partial charge in [-0.3, -0.25) is 19.3 Å². The minimum atomic E-state index is 0.401. The average Bonchev–Trinajstić information content (AvgIpc) is 3.08. The van der Waals surface area contributed by atoms with Crippen LogP contribution in [0.1, 0.15) is 51.1 Å². The van der Waals surface area contributed by atoms with Gasteiger partial charge in [0.05, 0.1) is 12.3 Å². The topological polar surface area (TPSA) is 63.5 Å². The number of nitrogens with zero attached hydrogens (tertiary/aromatic N) is 5. The van der Waals surface area contributed by atoms with E-state index in [0.29, 0.717) is 5.78 Å². The van der Waals surface area contributed by atoms with Crippen LogP contribution in [0, 0.1) is 0 Å². The quantitative estimate of drug-likeness (QED) is 0.498. The van der Waals surface area contributed by atoms with E-state index in [-0.39, 0.29) is 0 Å². The molecule has 7 nitrogen and oxygen atoms in total. The minimum absolute atomic E-state index is 0.401. The van der Waals surface area contributed by atoms with Crippen LogP contribution in [0.2, 0.25) is 0 Å². The summed E-state index contributed by atoms with van der Waals surface area (Å²) in [6.45, 7) is 9.98. The molecule has 1 aromatic heterocycles. The van der Waals surface area contributed by atoms with Gasteiger partial charge in [0.15, 0.2) is 0 Å². The fourth-order valence-electron chi connectivity index (χ4n) is 3.32. The van der Waals surface area contributed by atoms with Crippen molar-refractivity contribution in [3.8, 4) is 0 Å². The van der Waals surface area contributed by atoms with E-state index in [1.54, 1.807) is 7.11 Å². The SMILES string of the molecule is CCCC(=O)CCCCCn1cc(CN2CCN(CCOC)CC2)nn1. The fraction of sp³-hybridized carbons (Fsp3) is 0.842. The van der Waals surface area contributed by atoms with Gasteiger partial charge in [-0.05, 0) is 19.3 Å². The number of methoxy groups -OCH3 is 1. The molecule has 2 heterocycles. The number of ether oxygens (including phenoxy) is 1. The van der Waals surface area contributed by atoms with Crippen molar-refractivity contribution >= 4 is 5.78 Å². The molecule has 1 aliphatic heterocycles. The third-order valence-corrected chi connectivity index (χ3v) is 4.92. The summed E-state index contributed by atoms with van der Waals surface area (Å²) in [6.07, 6.45) is 7.62. The van der Waals surface area contributed by atoms with Crippen molar-refractivity contribution in [3.63, 3.8) is 0 Å². The van der Waals surface area contributed by atoms with E-state index < -0.39 is 0 Å². The Morgan fingerprint density at radius 3 is 2.58 bits per heavy atom. The standard InChI is InChI=1S/C19H35N5O2/c1-3-7-19(25)8-5-4-6-9-24-17-18(20-21-24)16-23-12-10-22(11-13-23)14-15-26-2/h17H,3-16H2,1-2H3. The highest BCUT2D eigenvalue weighted by atomic mass is 16.5. The zero-order chi connectivity index (χ0) is 18.6. The van der Waals surface area contributed by atoms with Gasteiger partial charge in [0.2, 0.25) is 0 Å². The van der Waals surface area contributed by atoms with Gasteiger partial charge < -0.3 is 4.74 Å². The molecule has 1 aliphatic rings. The highest BCUT2D eigenvalue weighted by molar-refractivity contribution is 5.78. The van der Waals surface area contributed by atoms with Crippen molar-refractivity contribution in [2.45, 2.75) is 58.5 Å². The molecule has 0 N–H and O–H groups in total. The van der Waals surface area contributed by atoms with Crippen molar-refractivity contribution in [1.82, 2.24) is 24.8 Å². The molecular formula is C19H35N5O2. The Morgan fingerprint density at radius 2 is 1.85 bits per heavy atom. The lowest BCUT2D eigenvalue weighted by atomic mass is 10.1. The first kappa shape index (κ1) is 21.0. The molecule has 0 radical (unpaired) electrons. The van der Waals surface area contributed by atoms with Gasteiger partial charge in [0.1, 0.15) is 5.78 Å². The van der Waals surface area contributed by atoms with Crippen LogP contribution in [-0.4, -0.2) is 77.0 Å². The van der Waals surface area contributed by atoms with Crippen molar-refractivity contribution in [3.05, 3.63) is 11.9 Å². The second-order valence-electron chi connectivity index (χ2n) is 7.18. The van der Waals surface area contributed by atoms with Crippen LogP contribution in [0.15, 0.2) is 6.20 Å². The highest BCUT2D eigenvalue weighted by Crippen LogP contribution is 2.08. The predicted octanol–water partition coefficient (Wildman–Crippen LogP) is 1.97. The largest absolute Gasteiger partial charge is 0.383 e. The van der Waals surface area contributed by atoms with Crippen molar-refractivity contribution in [2.75, 3.05) is 46.4 Å². The third kappa shape index (κ3) is 7.93. The summed E-state index contributed by atoms with van der Waals surface area (Å²) in [5.74, 6) is 0.401. The number of Topliss-reactive ketones (excluding diaryl/α,β-unsaturated/α-hetero) is 1. The first-order valence-corrected chi connectivity index (χ1v) is 10.1. The Kier molecular flexibility index (Phi) is 9.81. The lowest BCUT2D eigenvalue weighted by molar-refractivity contribution is -0.119. The van der Waals surface area contributed by atoms with E-state index in [9.17, 15) is 4.79 Å². The molecule has 0 atom stereocenters. The molecule has 1 aromatic rings. The number of carbonyl (C=O) groups excluding carboxylic acids is 1. The number of rotatable bonds is 13. The summed E-state index contributed by atoms with van der Waals surface area (Å²) in [4.78, 5) is 16.4. The second kappa shape index (κ2) is 12.1. The molecule has 148 valence electrons. The maximum absolute atomic E-state index is 11.5.